The zero-order valence-electron chi connectivity index (χ0n) is 17.3. The first-order valence-electron chi connectivity index (χ1n) is 9.42. The van der Waals surface area contributed by atoms with Gasteiger partial charge in [0.15, 0.2) is 0 Å². The van der Waals surface area contributed by atoms with Crippen molar-refractivity contribution in [3.8, 4) is 0 Å². The van der Waals surface area contributed by atoms with Crippen LogP contribution in [0.5, 0.6) is 0 Å². The highest BCUT2D eigenvalue weighted by Crippen LogP contribution is 2.46. The van der Waals surface area contributed by atoms with E-state index in [2.05, 4.69) is 10.5 Å². The third-order valence-corrected chi connectivity index (χ3v) is 6.34. The number of carbonyl (C=O) groups excluding carboxylic acids is 2. The molecular weight excluding hydrogens is 527 g/mol. The van der Waals surface area contributed by atoms with E-state index in [9.17, 15) is 40.3 Å². The first-order valence-corrected chi connectivity index (χ1v) is 10.6. The number of benzene rings is 2. The van der Waals surface area contributed by atoms with Gasteiger partial charge in [0, 0.05) is 15.8 Å². The van der Waals surface area contributed by atoms with Gasteiger partial charge in [-0.15, -0.1) is 11.3 Å². The van der Waals surface area contributed by atoms with Crippen molar-refractivity contribution in [1.29, 1.82) is 0 Å². The zero-order valence-corrected chi connectivity index (χ0v) is 18.9. The fraction of sp³-hybridized carbons (Fsp3) is 0.190. The van der Waals surface area contributed by atoms with Gasteiger partial charge in [0.25, 0.3) is 5.91 Å². The van der Waals surface area contributed by atoms with E-state index >= 15 is 0 Å². The lowest BCUT2D eigenvalue weighted by molar-refractivity contribution is -0.343. The summed E-state index contributed by atoms with van der Waals surface area (Å²) in [5, 5.41) is 6.18. The van der Waals surface area contributed by atoms with Gasteiger partial charge in [-0.3, -0.25) is 9.59 Å². The number of alkyl halides is 7. The SMILES string of the molecule is CC(=NNC(=O)c1sc2ccccc2c1Cl)c1ccc(NC(=O)C(F)(F)C(F)(F)C(F)(F)F)cc1. The molecule has 35 heavy (non-hydrogen) atoms. The van der Waals surface area contributed by atoms with Gasteiger partial charge in [-0.1, -0.05) is 41.9 Å². The molecule has 0 aliphatic carbocycles. The molecule has 0 saturated carbocycles. The maximum atomic E-state index is 13.4. The second kappa shape index (κ2) is 9.46. The average molecular weight is 540 g/mol. The summed E-state index contributed by atoms with van der Waals surface area (Å²) in [6, 6.07) is 11.5. The monoisotopic (exact) mass is 539 g/mol. The van der Waals surface area contributed by atoms with Crippen LogP contribution in [0.25, 0.3) is 10.1 Å². The molecule has 0 bridgehead atoms. The molecule has 0 aliphatic rings. The lowest BCUT2D eigenvalue weighted by Crippen LogP contribution is -2.57. The maximum Gasteiger partial charge on any atom is 0.460 e. The maximum absolute atomic E-state index is 13.4. The predicted octanol–water partition coefficient (Wildman–Crippen LogP) is 6.48. The summed E-state index contributed by atoms with van der Waals surface area (Å²) in [5.74, 6) is -16.0. The molecular formula is C21H13ClF7N3O2S. The molecule has 5 nitrogen and oxygen atoms in total. The normalized spacial score (nSPS) is 13.1. The minimum atomic E-state index is -6.63. The van der Waals surface area contributed by atoms with Gasteiger partial charge in [0.2, 0.25) is 0 Å². The zero-order chi connectivity index (χ0) is 26.2. The minimum absolute atomic E-state index is 0.221. The summed E-state index contributed by atoms with van der Waals surface area (Å²) in [5.41, 5.74) is 2.39. The van der Waals surface area contributed by atoms with E-state index < -0.39 is 35.5 Å². The van der Waals surface area contributed by atoms with E-state index in [1.807, 2.05) is 0 Å². The molecule has 0 saturated heterocycles. The van der Waals surface area contributed by atoms with Gasteiger partial charge < -0.3 is 5.32 Å². The number of rotatable bonds is 6. The van der Waals surface area contributed by atoms with Crippen LogP contribution in [0.15, 0.2) is 53.6 Å². The van der Waals surface area contributed by atoms with Crippen LogP contribution in [0, 0.1) is 0 Å². The molecule has 14 heteroatoms. The number of hydrazone groups is 1. The number of nitrogens with one attached hydrogen (secondary N) is 2. The number of hydrogen-bond acceptors (Lipinski definition) is 4. The number of amides is 2. The van der Waals surface area contributed by atoms with Crippen LogP contribution in [0.2, 0.25) is 5.02 Å². The molecule has 2 amide bonds. The van der Waals surface area contributed by atoms with E-state index in [1.165, 1.54) is 24.4 Å². The molecule has 2 aromatic carbocycles. The fourth-order valence-corrected chi connectivity index (χ4v) is 4.14. The molecule has 3 aromatic rings. The lowest BCUT2D eigenvalue weighted by Gasteiger charge is -2.27. The van der Waals surface area contributed by atoms with Gasteiger partial charge in [0.05, 0.1) is 10.7 Å². The Hall–Kier alpha value is -3.19. The molecule has 0 radical (unpaired) electrons. The highest BCUT2D eigenvalue weighted by atomic mass is 35.5. The molecule has 186 valence electrons. The smallest absolute Gasteiger partial charge is 0.321 e. The third kappa shape index (κ3) is 5.10. The van der Waals surface area contributed by atoms with E-state index in [-0.39, 0.29) is 15.6 Å². The number of nitrogens with zero attached hydrogens (tertiary/aromatic N) is 1. The molecule has 0 fully saturated rings. The van der Waals surface area contributed by atoms with Crippen molar-refractivity contribution in [1.82, 2.24) is 5.43 Å². The Bertz CT molecular complexity index is 1300. The van der Waals surface area contributed by atoms with E-state index in [0.717, 1.165) is 28.2 Å². The molecule has 2 N–H and O–H groups in total. The number of fused-ring (bicyclic) bond motifs is 1. The highest BCUT2D eigenvalue weighted by molar-refractivity contribution is 7.21. The van der Waals surface area contributed by atoms with Gasteiger partial charge in [-0.05, 0) is 30.7 Å². The minimum Gasteiger partial charge on any atom is -0.321 e. The van der Waals surface area contributed by atoms with Crippen LogP contribution in [0.4, 0.5) is 36.4 Å². The second-order valence-corrected chi connectivity index (χ2v) is 8.49. The van der Waals surface area contributed by atoms with Crippen molar-refractivity contribution in [2.75, 3.05) is 5.32 Å². The molecule has 0 aliphatic heterocycles. The van der Waals surface area contributed by atoms with E-state index in [0.29, 0.717) is 10.9 Å². The van der Waals surface area contributed by atoms with E-state index in [1.54, 1.807) is 24.3 Å². The summed E-state index contributed by atoms with van der Waals surface area (Å²) < 4.78 is 90.3. The first kappa shape index (κ1) is 26.4. The van der Waals surface area contributed by atoms with Crippen LogP contribution in [0.1, 0.15) is 22.2 Å². The summed E-state index contributed by atoms with van der Waals surface area (Å²) in [6.45, 7) is 1.47. The number of hydrogen-bond donors (Lipinski definition) is 2. The highest BCUT2D eigenvalue weighted by Gasteiger charge is 2.76. The fourth-order valence-electron chi connectivity index (χ4n) is 2.73. The van der Waals surface area contributed by atoms with Crippen molar-refractivity contribution < 1.29 is 40.3 Å². The summed E-state index contributed by atoms with van der Waals surface area (Å²) in [6.07, 6.45) is -6.63. The van der Waals surface area contributed by atoms with Gasteiger partial charge in [0.1, 0.15) is 4.88 Å². The van der Waals surface area contributed by atoms with Crippen molar-refractivity contribution in [3.05, 3.63) is 64.0 Å². The Morgan fingerprint density at radius 3 is 2.11 bits per heavy atom. The lowest BCUT2D eigenvalue weighted by atomic mass is 10.1. The molecule has 3 rings (SSSR count). The molecule has 0 spiro atoms. The van der Waals surface area contributed by atoms with Crippen LogP contribution in [0.3, 0.4) is 0 Å². The molecule has 0 unspecified atom stereocenters. The molecule has 1 aromatic heterocycles. The predicted molar refractivity (Wildman–Crippen MR) is 118 cm³/mol. The Morgan fingerprint density at radius 2 is 1.54 bits per heavy atom. The van der Waals surface area contributed by atoms with Gasteiger partial charge in [-0.2, -0.15) is 35.8 Å². The Labute approximate surface area is 201 Å². The second-order valence-electron chi connectivity index (χ2n) is 7.06. The van der Waals surface area contributed by atoms with Crippen LogP contribution < -0.4 is 10.7 Å². The molecule has 1 heterocycles. The van der Waals surface area contributed by atoms with E-state index in [4.69, 9.17) is 11.6 Å². The van der Waals surface area contributed by atoms with Crippen molar-refractivity contribution in [3.63, 3.8) is 0 Å². The van der Waals surface area contributed by atoms with Crippen LogP contribution in [-0.2, 0) is 4.79 Å². The van der Waals surface area contributed by atoms with Crippen molar-refractivity contribution in [2.45, 2.75) is 24.9 Å². The van der Waals surface area contributed by atoms with Gasteiger partial charge in [-0.25, -0.2) is 5.43 Å². The van der Waals surface area contributed by atoms with Crippen LogP contribution >= 0.6 is 22.9 Å². The first-order chi connectivity index (χ1) is 16.2. The van der Waals surface area contributed by atoms with Crippen molar-refractivity contribution in [2.24, 2.45) is 5.10 Å². The number of thiophene rings is 1. The largest absolute Gasteiger partial charge is 0.460 e. The van der Waals surface area contributed by atoms with Gasteiger partial charge >= 0.3 is 23.9 Å². The van der Waals surface area contributed by atoms with Crippen molar-refractivity contribution >= 4 is 56.2 Å². The standard InChI is InChI=1S/C21H13ClF7N3O2S/c1-10(31-32-17(33)16-15(22)13-4-2-3-5-14(13)35-16)11-6-8-12(9-7-11)30-18(34)19(23,24)20(25,26)21(27,28)29/h2-9H,1H3,(H,30,34)(H,32,33). The molecule has 0 atom stereocenters. The Morgan fingerprint density at radius 1 is 0.943 bits per heavy atom. The summed E-state index contributed by atoms with van der Waals surface area (Å²) in [4.78, 5) is 24.1. The third-order valence-electron chi connectivity index (χ3n) is 4.66. The summed E-state index contributed by atoms with van der Waals surface area (Å²) in [7, 11) is 0. The Balaban J connectivity index is 1.69. The Kier molecular flexibility index (Phi) is 7.14. The number of carbonyl (C=O) groups is 2. The van der Waals surface area contributed by atoms with Crippen LogP contribution in [-0.4, -0.2) is 35.5 Å². The number of halogens is 8. The summed E-state index contributed by atoms with van der Waals surface area (Å²) >= 11 is 7.39. The topological polar surface area (TPSA) is 70.6 Å². The number of anilines is 1. The average Bonchev–Trinajstić information content (AvgIpc) is 3.13. The quantitative estimate of drug-likeness (QED) is 0.214.